The number of benzene rings is 1. The Morgan fingerprint density at radius 3 is 2.66 bits per heavy atom. The summed E-state index contributed by atoms with van der Waals surface area (Å²) in [5.41, 5.74) is 1.72. The number of hydrogen-bond donors (Lipinski definition) is 0. The van der Waals surface area contributed by atoms with Crippen LogP contribution in [0.4, 0.5) is 19.0 Å². The minimum Gasteiger partial charge on any atom is -0.354 e. The third-order valence-corrected chi connectivity index (χ3v) is 8.59. The Morgan fingerprint density at radius 2 is 2.03 bits per heavy atom. The van der Waals surface area contributed by atoms with Crippen molar-refractivity contribution in [3.8, 4) is 0 Å². The average molecular weight is 464 g/mol. The SMILES string of the molecule is C/C=S(\c1ccc2c(c1)C(C=O)CC2)N1CCN(c2ccc(C(F)(F)F)cn2)CC1CC. The van der Waals surface area contributed by atoms with E-state index in [9.17, 15) is 18.0 Å². The summed E-state index contributed by atoms with van der Waals surface area (Å²) in [6, 6.07) is 9.39. The highest BCUT2D eigenvalue weighted by atomic mass is 32.2. The molecule has 0 radical (unpaired) electrons. The topological polar surface area (TPSA) is 36.4 Å². The van der Waals surface area contributed by atoms with Crippen molar-refractivity contribution in [2.45, 2.75) is 56.1 Å². The Hall–Kier alpha value is -2.19. The molecule has 4 nitrogen and oxygen atoms in total. The number of hydrogen-bond acceptors (Lipinski definition) is 4. The molecule has 0 N–H and O–H groups in total. The van der Waals surface area contributed by atoms with Crippen LogP contribution in [0.2, 0.25) is 0 Å². The van der Waals surface area contributed by atoms with E-state index in [1.54, 1.807) is 0 Å². The number of nitrogens with zero attached hydrogens (tertiary/aromatic N) is 3. The molecule has 32 heavy (non-hydrogen) atoms. The van der Waals surface area contributed by atoms with Crippen molar-refractivity contribution in [1.29, 1.82) is 0 Å². The van der Waals surface area contributed by atoms with Crippen molar-refractivity contribution in [2.75, 3.05) is 24.5 Å². The van der Waals surface area contributed by atoms with Crippen LogP contribution in [0.1, 0.15) is 49.3 Å². The highest BCUT2D eigenvalue weighted by Crippen LogP contribution is 2.40. The molecule has 0 amide bonds. The van der Waals surface area contributed by atoms with Gasteiger partial charge in [-0.15, -0.1) is 0 Å². The van der Waals surface area contributed by atoms with Crippen molar-refractivity contribution >= 4 is 28.1 Å². The number of piperazine rings is 1. The van der Waals surface area contributed by atoms with Gasteiger partial charge in [-0.2, -0.15) is 13.2 Å². The molecule has 1 aromatic heterocycles. The largest absolute Gasteiger partial charge is 0.417 e. The molecule has 1 aliphatic heterocycles. The number of halogens is 3. The highest BCUT2D eigenvalue weighted by molar-refractivity contribution is 8.13. The number of pyridine rings is 1. The number of rotatable bonds is 5. The number of aryl methyl sites for hydroxylation is 1. The first-order chi connectivity index (χ1) is 15.4. The maximum atomic E-state index is 12.9. The molecule has 3 atom stereocenters. The van der Waals surface area contributed by atoms with E-state index in [1.807, 2.05) is 0 Å². The summed E-state index contributed by atoms with van der Waals surface area (Å²) in [4.78, 5) is 18.9. The molecule has 172 valence electrons. The molecule has 2 aromatic rings. The molecule has 1 saturated heterocycles. The van der Waals surface area contributed by atoms with E-state index >= 15 is 0 Å². The minimum absolute atomic E-state index is 0.00294. The fourth-order valence-electron chi connectivity index (χ4n) is 4.67. The van der Waals surface area contributed by atoms with Crippen LogP contribution in [-0.2, 0) is 17.4 Å². The van der Waals surface area contributed by atoms with Crippen molar-refractivity contribution in [1.82, 2.24) is 9.29 Å². The lowest BCUT2D eigenvalue weighted by molar-refractivity contribution is -0.137. The number of aldehydes is 1. The van der Waals surface area contributed by atoms with Gasteiger partial charge in [0.05, 0.1) is 5.56 Å². The first-order valence-corrected chi connectivity index (χ1v) is 12.3. The molecule has 0 bridgehead atoms. The summed E-state index contributed by atoms with van der Waals surface area (Å²) in [5, 5.41) is 2.22. The fourth-order valence-corrected chi connectivity index (χ4v) is 6.75. The Kier molecular flexibility index (Phi) is 6.72. The molecule has 0 spiro atoms. The number of alkyl halides is 3. The molecule has 0 saturated carbocycles. The van der Waals surface area contributed by atoms with Crippen molar-refractivity contribution in [3.05, 3.63) is 53.2 Å². The molecule has 1 fully saturated rings. The average Bonchev–Trinajstić information content (AvgIpc) is 3.22. The van der Waals surface area contributed by atoms with Gasteiger partial charge < -0.3 is 9.69 Å². The molecular weight excluding hydrogens is 435 g/mol. The number of carbonyl (C=O) groups excluding carboxylic acids is 1. The van der Waals surface area contributed by atoms with Crippen molar-refractivity contribution < 1.29 is 18.0 Å². The van der Waals surface area contributed by atoms with Crippen molar-refractivity contribution in [3.63, 3.8) is 0 Å². The van der Waals surface area contributed by atoms with Gasteiger partial charge in [0.2, 0.25) is 0 Å². The summed E-state index contributed by atoms with van der Waals surface area (Å²) < 4.78 is 41.1. The zero-order valence-electron chi connectivity index (χ0n) is 18.3. The van der Waals surface area contributed by atoms with Crippen LogP contribution in [0.15, 0.2) is 41.4 Å². The lowest BCUT2D eigenvalue weighted by Gasteiger charge is -2.43. The summed E-state index contributed by atoms with van der Waals surface area (Å²) in [6.45, 7) is 6.43. The number of anilines is 1. The second kappa shape index (κ2) is 9.35. The second-order valence-electron chi connectivity index (χ2n) is 8.24. The van der Waals surface area contributed by atoms with E-state index in [4.69, 9.17) is 0 Å². The monoisotopic (exact) mass is 463 g/mol. The molecule has 8 heteroatoms. The molecular formula is C24H28F3N3OS. The van der Waals surface area contributed by atoms with Gasteiger partial charge in [0.25, 0.3) is 0 Å². The Balaban J connectivity index is 1.53. The van der Waals surface area contributed by atoms with E-state index in [-0.39, 0.29) is 22.6 Å². The van der Waals surface area contributed by atoms with Crippen LogP contribution in [-0.4, -0.2) is 46.6 Å². The standard InChI is InChI=1S/C24H28F3N3OS/c1-3-20-15-29(23-10-8-19(14-28-23)24(25,26)27)11-12-30(20)32(4-2)21-9-7-17-5-6-18(16-31)22(17)13-21/h4,7-10,13-14,16,18,20H,3,5-6,11-12,15H2,1-2H3. The molecule has 2 aliphatic rings. The highest BCUT2D eigenvalue weighted by Gasteiger charge is 2.32. The lowest BCUT2D eigenvalue weighted by atomic mass is 10.0. The van der Waals surface area contributed by atoms with Crippen LogP contribution in [0.25, 0.3) is 0 Å². The van der Waals surface area contributed by atoms with E-state index in [1.165, 1.54) is 16.5 Å². The summed E-state index contributed by atoms with van der Waals surface area (Å²) in [5.74, 6) is 0.583. The summed E-state index contributed by atoms with van der Waals surface area (Å²) >= 11 is 0. The third-order valence-electron chi connectivity index (χ3n) is 6.42. The van der Waals surface area contributed by atoms with Crippen LogP contribution < -0.4 is 4.90 Å². The smallest absolute Gasteiger partial charge is 0.354 e. The van der Waals surface area contributed by atoms with E-state index in [0.717, 1.165) is 49.9 Å². The van der Waals surface area contributed by atoms with Crippen molar-refractivity contribution in [2.24, 2.45) is 0 Å². The van der Waals surface area contributed by atoms with Gasteiger partial charge in [-0.25, -0.2) is 9.29 Å². The summed E-state index contributed by atoms with van der Waals surface area (Å²) in [7, 11) is -0.211. The lowest BCUT2D eigenvalue weighted by Crippen LogP contribution is -2.51. The van der Waals surface area contributed by atoms with Crippen LogP contribution in [0, 0.1) is 0 Å². The molecule has 4 rings (SSSR count). The number of aromatic nitrogens is 1. The number of fused-ring (bicyclic) bond motifs is 1. The van der Waals surface area contributed by atoms with E-state index in [0.29, 0.717) is 18.9 Å². The quantitative estimate of drug-likeness (QED) is 0.446. The Bertz CT molecular complexity index is 1010. The zero-order valence-corrected chi connectivity index (χ0v) is 19.1. The number of carbonyl (C=O) groups is 1. The minimum atomic E-state index is -4.37. The Labute approximate surface area is 189 Å². The third kappa shape index (κ3) is 4.48. The first-order valence-electron chi connectivity index (χ1n) is 11.0. The van der Waals surface area contributed by atoms with Gasteiger partial charge in [-0.1, -0.05) is 23.7 Å². The zero-order chi connectivity index (χ0) is 22.9. The molecule has 1 aromatic carbocycles. The first kappa shape index (κ1) is 23.0. The maximum Gasteiger partial charge on any atom is 0.417 e. The van der Waals surface area contributed by atoms with E-state index in [2.05, 4.69) is 51.6 Å². The van der Waals surface area contributed by atoms with Gasteiger partial charge in [-0.05, 0) is 66.9 Å². The van der Waals surface area contributed by atoms with Gasteiger partial charge in [0.15, 0.2) is 0 Å². The summed E-state index contributed by atoms with van der Waals surface area (Å²) in [6.07, 6.45) is 0.382. The van der Waals surface area contributed by atoms with E-state index < -0.39 is 11.7 Å². The normalized spacial score (nSPS) is 22.7. The van der Waals surface area contributed by atoms with Crippen LogP contribution in [0.3, 0.4) is 0 Å². The predicted octanol–water partition coefficient (Wildman–Crippen LogP) is 5.29. The second-order valence-corrected chi connectivity index (χ2v) is 10.3. The van der Waals surface area contributed by atoms with Crippen LogP contribution >= 0.6 is 10.7 Å². The molecule has 1 aliphatic carbocycles. The molecule has 3 unspecified atom stereocenters. The van der Waals surface area contributed by atoms with Gasteiger partial charge in [0, 0.05) is 42.7 Å². The Morgan fingerprint density at radius 1 is 1.22 bits per heavy atom. The maximum absolute atomic E-state index is 12.9. The molecule has 2 heterocycles. The van der Waals surface area contributed by atoms with Gasteiger partial charge >= 0.3 is 6.18 Å². The van der Waals surface area contributed by atoms with Gasteiger partial charge in [-0.3, -0.25) is 0 Å². The fraction of sp³-hybridized carbons (Fsp3) is 0.458. The van der Waals surface area contributed by atoms with Gasteiger partial charge in [0.1, 0.15) is 12.1 Å². The predicted molar refractivity (Wildman–Crippen MR) is 123 cm³/mol. The van der Waals surface area contributed by atoms with Crippen LogP contribution in [0.5, 0.6) is 0 Å².